The Labute approximate surface area is 70.9 Å². The smallest absolute Gasteiger partial charge is 0.217 e. The van der Waals surface area contributed by atoms with Gasteiger partial charge in [-0.1, -0.05) is 0 Å². The zero-order valence-corrected chi connectivity index (χ0v) is 7.61. The summed E-state index contributed by atoms with van der Waals surface area (Å²) in [6, 6.07) is 0. The van der Waals surface area contributed by atoms with E-state index in [1.54, 1.807) is 6.92 Å². The van der Waals surface area contributed by atoms with Crippen LogP contribution in [0.5, 0.6) is 0 Å². The van der Waals surface area contributed by atoms with E-state index in [-0.39, 0.29) is 0 Å². The predicted octanol–water partition coefficient (Wildman–Crippen LogP) is -2.59. The molecule has 0 radical (unpaired) electrons. The Balaban J connectivity index is 0. The van der Waals surface area contributed by atoms with E-state index < -0.39 is 16.5 Å². The van der Waals surface area contributed by atoms with Gasteiger partial charge in [0.25, 0.3) is 0 Å². The molecule has 0 heterocycles. The van der Waals surface area contributed by atoms with Crippen LogP contribution in [0.25, 0.3) is 0 Å². The van der Waals surface area contributed by atoms with E-state index in [9.17, 15) is 13.0 Å². The van der Waals surface area contributed by atoms with Crippen molar-refractivity contribution in [1.29, 1.82) is 0 Å². The SMILES string of the molecule is CC(O)C[NH2+]O.COS(=O)(=O)[O-]. The fourth-order valence-corrected chi connectivity index (χ4v) is 0.153. The van der Waals surface area contributed by atoms with E-state index in [2.05, 4.69) is 4.18 Å². The largest absolute Gasteiger partial charge is 0.726 e. The molecule has 4 N–H and O–H groups in total. The third-order valence-electron chi connectivity index (χ3n) is 0.651. The number of hydroxylamine groups is 1. The van der Waals surface area contributed by atoms with Gasteiger partial charge in [0.15, 0.2) is 0 Å². The lowest BCUT2D eigenvalue weighted by molar-refractivity contribution is -0.889. The van der Waals surface area contributed by atoms with Crippen molar-refractivity contribution >= 4 is 10.4 Å². The number of hydrogen-bond donors (Lipinski definition) is 3. The van der Waals surface area contributed by atoms with E-state index in [1.165, 1.54) is 0 Å². The van der Waals surface area contributed by atoms with E-state index in [0.717, 1.165) is 12.6 Å². The van der Waals surface area contributed by atoms with Gasteiger partial charge in [-0.25, -0.2) is 19.1 Å². The number of aliphatic hydroxyl groups is 1. The van der Waals surface area contributed by atoms with Crippen LogP contribution in [0.2, 0.25) is 0 Å². The second-order valence-electron chi connectivity index (χ2n) is 1.84. The maximum atomic E-state index is 9.22. The molecule has 8 heteroatoms. The Morgan fingerprint density at radius 1 is 1.67 bits per heavy atom. The van der Waals surface area contributed by atoms with Crippen LogP contribution < -0.4 is 5.48 Å². The first-order valence-corrected chi connectivity index (χ1v) is 4.32. The average Bonchev–Trinajstić information content (AvgIpc) is 1.87. The van der Waals surface area contributed by atoms with Crippen molar-refractivity contribution in [3.63, 3.8) is 0 Å². The quantitative estimate of drug-likeness (QED) is 0.263. The van der Waals surface area contributed by atoms with Crippen LogP contribution in [-0.4, -0.2) is 43.0 Å². The second-order valence-corrected chi connectivity index (χ2v) is 2.99. The van der Waals surface area contributed by atoms with Gasteiger partial charge >= 0.3 is 0 Å². The molecule has 0 fully saturated rings. The van der Waals surface area contributed by atoms with Gasteiger partial charge in [0.05, 0.1) is 7.11 Å². The van der Waals surface area contributed by atoms with Crippen LogP contribution >= 0.6 is 0 Å². The van der Waals surface area contributed by atoms with Crippen LogP contribution in [0.1, 0.15) is 6.92 Å². The number of hydrogen-bond acceptors (Lipinski definition) is 6. The molecule has 7 nitrogen and oxygen atoms in total. The first-order chi connectivity index (χ1) is 5.33. The Hall–Kier alpha value is -0.250. The molecule has 0 aliphatic carbocycles. The third kappa shape index (κ3) is 22.6. The van der Waals surface area contributed by atoms with Gasteiger partial charge in [0.1, 0.15) is 12.6 Å². The van der Waals surface area contributed by atoms with Crippen molar-refractivity contribution in [3.8, 4) is 0 Å². The first kappa shape index (κ1) is 14.3. The van der Waals surface area contributed by atoms with E-state index in [1.807, 2.05) is 0 Å². The van der Waals surface area contributed by atoms with Crippen LogP contribution in [0.3, 0.4) is 0 Å². The van der Waals surface area contributed by atoms with E-state index in [0.29, 0.717) is 6.54 Å². The normalized spacial score (nSPS) is 13.1. The van der Waals surface area contributed by atoms with Gasteiger partial charge in [-0.05, 0) is 6.92 Å². The Kier molecular flexibility index (Phi) is 8.81. The summed E-state index contributed by atoms with van der Waals surface area (Å²) < 4.78 is 31.0. The topological polar surface area (TPSA) is 124 Å². The van der Waals surface area contributed by atoms with Gasteiger partial charge in [-0.3, -0.25) is 4.18 Å². The summed E-state index contributed by atoms with van der Waals surface area (Å²) in [4.78, 5) is 0. The molecule has 0 bridgehead atoms. The van der Waals surface area contributed by atoms with Gasteiger partial charge in [0.2, 0.25) is 10.4 Å². The van der Waals surface area contributed by atoms with Gasteiger partial charge in [-0.15, -0.1) is 0 Å². The Morgan fingerprint density at radius 3 is 2.00 bits per heavy atom. The molecule has 0 aromatic carbocycles. The van der Waals surface area contributed by atoms with Crippen LogP contribution in [0.15, 0.2) is 0 Å². The fraction of sp³-hybridized carbons (Fsp3) is 1.00. The highest BCUT2D eigenvalue weighted by Gasteiger charge is 1.91. The maximum absolute atomic E-state index is 9.22. The van der Waals surface area contributed by atoms with Crippen molar-refractivity contribution in [2.45, 2.75) is 13.0 Å². The number of quaternary nitrogens is 1. The summed E-state index contributed by atoms with van der Waals surface area (Å²) in [5, 5.41) is 16.3. The van der Waals surface area contributed by atoms with Crippen LogP contribution in [0.4, 0.5) is 0 Å². The number of nitrogens with two attached hydrogens (primary N) is 1. The summed E-state index contributed by atoms with van der Waals surface area (Å²) in [7, 11) is -3.60. The Morgan fingerprint density at radius 2 is 2.00 bits per heavy atom. The molecule has 0 saturated carbocycles. The van der Waals surface area contributed by atoms with E-state index in [4.69, 9.17) is 10.3 Å². The van der Waals surface area contributed by atoms with Crippen LogP contribution in [-0.2, 0) is 14.6 Å². The third-order valence-corrected chi connectivity index (χ3v) is 1.06. The molecular weight excluding hydrogens is 190 g/mol. The van der Waals surface area contributed by atoms with Crippen molar-refractivity contribution < 1.29 is 32.9 Å². The lowest BCUT2D eigenvalue weighted by Gasteiger charge is -1.98. The van der Waals surface area contributed by atoms with Crippen molar-refractivity contribution in [2.75, 3.05) is 13.7 Å². The predicted molar refractivity (Wildman–Crippen MR) is 37.0 cm³/mol. The zero-order chi connectivity index (χ0) is 10.2. The maximum Gasteiger partial charge on any atom is 0.217 e. The highest BCUT2D eigenvalue weighted by atomic mass is 32.3. The standard InChI is InChI=1S/C3H9NO2.CH4O4S/c1-3(5)2-4-6;1-5-6(2,3)4/h3-6H,2H2,1H3;1H3,(H,2,3,4). The summed E-state index contributed by atoms with van der Waals surface area (Å²) in [5.74, 6) is 0. The summed E-state index contributed by atoms with van der Waals surface area (Å²) >= 11 is 0. The van der Waals surface area contributed by atoms with E-state index >= 15 is 0 Å². The van der Waals surface area contributed by atoms with Crippen molar-refractivity contribution in [1.82, 2.24) is 0 Å². The molecule has 1 unspecified atom stereocenters. The zero-order valence-electron chi connectivity index (χ0n) is 6.80. The highest BCUT2D eigenvalue weighted by molar-refractivity contribution is 7.80. The minimum atomic E-state index is -4.41. The molecule has 76 valence electrons. The lowest BCUT2D eigenvalue weighted by Crippen LogP contribution is -2.82. The molecule has 0 spiro atoms. The average molecular weight is 203 g/mol. The summed E-state index contributed by atoms with van der Waals surface area (Å²) in [6.45, 7) is 1.98. The molecule has 0 aliphatic rings. The molecule has 0 saturated heterocycles. The van der Waals surface area contributed by atoms with Crippen molar-refractivity contribution in [2.24, 2.45) is 0 Å². The lowest BCUT2D eigenvalue weighted by atomic mass is 10.4. The molecule has 1 atom stereocenters. The minimum absolute atomic E-state index is 0.361. The number of rotatable bonds is 3. The molecule has 0 amide bonds. The highest BCUT2D eigenvalue weighted by Crippen LogP contribution is 1.74. The van der Waals surface area contributed by atoms with Gasteiger partial charge in [-0.2, -0.15) is 0 Å². The second kappa shape index (κ2) is 7.40. The van der Waals surface area contributed by atoms with Crippen LogP contribution in [0, 0.1) is 0 Å². The van der Waals surface area contributed by atoms with Gasteiger partial charge < -0.3 is 9.66 Å². The Bertz CT molecular complexity index is 176. The summed E-state index contributed by atoms with van der Waals surface area (Å²) in [5.41, 5.74) is 0.949. The molecule has 0 aromatic heterocycles. The molecule has 0 rings (SSSR count). The fourth-order valence-electron chi connectivity index (χ4n) is 0.153. The molecule has 0 aromatic rings. The summed E-state index contributed by atoms with van der Waals surface area (Å²) in [6.07, 6.45) is -0.407. The molecular formula is C4H13NO6S. The van der Waals surface area contributed by atoms with Gasteiger partial charge in [0, 0.05) is 0 Å². The molecule has 12 heavy (non-hydrogen) atoms. The first-order valence-electron chi connectivity index (χ1n) is 2.99. The number of aliphatic hydroxyl groups excluding tert-OH is 1. The van der Waals surface area contributed by atoms with Crippen molar-refractivity contribution in [3.05, 3.63) is 0 Å². The monoisotopic (exact) mass is 203 g/mol. The molecule has 0 aliphatic heterocycles. The minimum Gasteiger partial charge on any atom is -0.726 e.